The molecule has 302 valence electrons. The summed E-state index contributed by atoms with van der Waals surface area (Å²) in [6.07, 6.45) is 3.33. The minimum absolute atomic E-state index is 0.442. The van der Waals surface area contributed by atoms with Crippen molar-refractivity contribution < 1.29 is 5.11 Å². The van der Waals surface area contributed by atoms with Gasteiger partial charge in [-0.25, -0.2) is 19.9 Å². The van der Waals surface area contributed by atoms with Gasteiger partial charge in [0.15, 0.2) is 0 Å². The summed E-state index contributed by atoms with van der Waals surface area (Å²) in [5, 5.41) is 12.4. The van der Waals surface area contributed by atoms with E-state index in [1.54, 1.807) is 0 Å². The lowest BCUT2D eigenvalue weighted by Gasteiger charge is -2.29. The number of rotatable bonds is 20. The van der Waals surface area contributed by atoms with Crippen molar-refractivity contribution in [2.45, 2.75) is 112 Å². The molecule has 11 heteroatoms. The van der Waals surface area contributed by atoms with Crippen LogP contribution < -0.4 is 0 Å². The largest absolute Gasteiger partial charge is 0.390 e. The van der Waals surface area contributed by atoms with E-state index in [0.717, 1.165) is 119 Å². The van der Waals surface area contributed by atoms with Gasteiger partial charge in [0.05, 0.1) is 76.4 Å². The van der Waals surface area contributed by atoms with Crippen LogP contribution >= 0.6 is 0 Å². The Morgan fingerprint density at radius 3 is 0.897 bits per heavy atom. The number of aliphatic hydroxyl groups is 1. The van der Waals surface area contributed by atoms with Crippen molar-refractivity contribution in [3.63, 3.8) is 0 Å². The predicted octanol–water partition coefficient (Wildman–Crippen LogP) is 8.79. The molecule has 8 rings (SSSR count). The second-order valence-electron chi connectivity index (χ2n) is 15.7. The normalized spacial score (nSPS) is 12.3. The maximum absolute atomic E-state index is 12.4. The molecule has 0 saturated heterocycles. The van der Waals surface area contributed by atoms with E-state index in [-0.39, 0.29) is 0 Å². The van der Waals surface area contributed by atoms with Crippen molar-refractivity contribution in [1.82, 2.24) is 48.0 Å². The fraction of sp³-hybridized carbons (Fsp3) is 0.404. The Morgan fingerprint density at radius 2 is 0.655 bits per heavy atom. The third-order valence-electron chi connectivity index (χ3n) is 11.1. The Hall–Kier alpha value is -5.36. The molecule has 4 aromatic heterocycles. The van der Waals surface area contributed by atoms with Gasteiger partial charge in [0.1, 0.15) is 23.3 Å². The second-order valence-corrected chi connectivity index (χ2v) is 15.7. The Balaban J connectivity index is 1.14. The molecular weight excluding hydrogens is 721 g/mol. The van der Waals surface area contributed by atoms with E-state index in [0.29, 0.717) is 39.3 Å². The van der Waals surface area contributed by atoms with Gasteiger partial charge in [-0.3, -0.25) is 9.80 Å². The summed E-state index contributed by atoms with van der Waals surface area (Å²) in [6, 6.07) is 33.6. The highest BCUT2D eigenvalue weighted by Gasteiger charge is 2.25. The fourth-order valence-corrected chi connectivity index (χ4v) is 8.70. The van der Waals surface area contributed by atoms with Crippen LogP contribution in [-0.4, -0.2) is 72.3 Å². The number of aliphatic hydroxyl groups excluding tert-OH is 1. The third-order valence-corrected chi connectivity index (χ3v) is 11.1. The fourth-order valence-electron chi connectivity index (χ4n) is 8.70. The van der Waals surface area contributed by atoms with E-state index in [1.807, 2.05) is 0 Å². The van der Waals surface area contributed by atoms with Gasteiger partial charge in [-0.05, 0) is 74.2 Å². The summed E-state index contributed by atoms with van der Waals surface area (Å²) < 4.78 is 9.41. The molecule has 0 bridgehead atoms. The first-order valence-electron chi connectivity index (χ1n) is 21.4. The van der Waals surface area contributed by atoms with Gasteiger partial charge >= 0.3 is 0 Å². The van der Waals surface area contributed by atoms with Gasteiger partial charge in [0, 0.05) is 39.3 Å². The van der Waals surface area contributed by atoms with Crippen LogP contribution in [-0.2, 0) is 52.4 Å². The van der Waals surface area contributed by atoms with E-state index in [4.69, 9.17) is 19.9 Å². The van der Waals surface area contributed by atoms with Crippen LogP contribution in [0.15, 0.2) is 97.1 Å². The molecule has 0 fully saturated rings. The molecule has 8 aromatic rings. The monoisotopic (exact) mass is 778 g/mol. The summed E-state index contributed by atoms with van der Waals surface area (Å²) in [7, 11) is 0. The highest BCUT2D eigenvalue weighted by Crippen LogP contribution is 2.24. The smallest absolute Gasteiger partial charge is 0.124 e. The molecule has 0 atom stereocenters. The van der Waals surface area contributed by atoms with Gasteiger partial charge in [0.25, 0.3) is 0 Å². The van der Waals surface area contributed by atoms with Crippen molar-refractivity contribution in [3.8, 4) is 0 Å². The van der Waals surface area contributed by atoms with Crippen molar-refractivity contribution in [1.29, 1.82) is 0 Å². The van der Waals surface area contributed by atoms with Crippen LogP contribution in [0.3, 0.4) is 0 Å². The number of aryl methyl sites for hydroxylation is 4. The summed E-state index contributed by atoms with van der Waals surface area (Å²) in [6.45, 7) is 15.6. The number of fused-ring (bicyclic) bond motifs is 4. The summed E-state index contributed by atoms with van der Waals surface area (Å²) >= 11 is 0. The van der Waals surface area contributed by atoms with E-state index < -0.39 is 6.10 Å². The Kier molecular flexibility index (Phi) is 12.3. The highest BCUT2D eigenvalue weighted by molar-refractivity contribution is 5.78. The molecule has 4 aromatic carbocycles. The van der Waals surface area contributed by atoms with E-state index in [9.17, 15) is 5.11 Å². The first-order chi connectivity index (χ1) is 28.5. The first-order valence-corrected chi connectivity index (χ1v) is 21.4. The van der Waals surface area contributed by atoms with E-state index in [2.05, 4.69) is 153 Å². The van der Waals surface area contributed by atoms with Crippen molar-refractivity contribution >= 4 is 44.1 Å². The minimum Gasteiger partial charge on any atom is -0.390 e. The second kappa shape index (κ2) is 18.1. The number of hydrogen-bond donors (Lipinski definition) is 1. The first kappa shape index (κ1) is 39.5. The summed E-state index contributed by atoms with van der Waals surface area (Å²) in [5.41, 5.74) is 8.59. The lowest BCUT2D eigenvalue weighted by atomic mass is 10.2. The number of imidazole rings is 4. The number of aromatic nitrogens is 8. The predicted molar refractivity (Wildman–Crippen MR) is 234 cm³/mol. The molecular formula is C47H58N10O. The zero-order chi connectivity index (χ0) is 40.0. The number of nitrogens with zero attached hydrogens (tertiary/aromatic N) is 10. The molecule has 1 N–H and O–H groups in total. The zero-order valence-corrected chi connectivity index (χ0v) is 34.6. The van der Waals surface area contributed by atoms with Gasteiger partial charge in [0.2, 0.25) is 0 Å². The minimum atomic E-state index is -0.680. The lowest BCUT2D eigenvalue weighted by Crippen LogP contribution is -2.41. The number of hydrogen-bond acceptors (Lipinski definition) is 7. The summed E-state index contributed by atoms with van der Waals surface area (Å²) in [5.74, 6) is 4.03. The topological polar surface area (TPSA) is 98.0 Å². The standard InChI is InChI=1S/C47H58N10O/c1-5-25-54-40-21-13-9-17-36(40)48-44(54)31-52(32-45-49-37-18-10-14-22-41(37)55(45)26-6-2)29-35(58)30-53(33-46-50-38-19-11-15-23-42(38)56(46)27-7-3)34-47-51-39-20-12-16-24-43(39)57(47)28-8-4/h9-24,35,58H,5-8,25-34H2,1-4H3. The average Bonchev–Trinajstić information content (AvgIpc) is 3.96. The van der Waals surface area contributed by atoms with Crippen LogP contribution in [0.1, 0.15) is 76.7 Å². The number of benzene rings is 4. The van der Waals surface area contributed by atoms with Gasteiger partial charge in [-0.2, -0.15) is 0 Å². The molecule has 4 heterocycles. The molecule has 0 radical (unpaired) electrons. The number of para-hydroxylation sites is 8. The van der Waals surface area contributed by atoms with Gasteiger partial charge in [-0.15, -0.1) is 0 Å². The molecule has 0 aliphatic heterocycles. The third kappa shape index (κ3) is 8.30. The molecule has 0 amide bonds. The SMILES string of the molecule is CCCn1c(CN(Cc2nc3ccccc3n2CCC)CC(O)CN(Cc2nc3ccccc3n2CCC)Cc2nc3ccccc3n2CCC)nc2ccccc21. The molecule has 58 heavy (non-hydrogen) atoms. The molecule has 0 unspecified atom stereocenters. The molecule has 0 aliphatic carbocycles. The van der Waals surface area contributed by atoms with Gasteiger partial charge in [-0.1, -0.05) is 76.2 Å². The molecule has 0 aliphatic rings. The average molecular weight is 779 g/mol. The Labute approximate surface area is 341 Å². The Morgan fingerprint density at radius 1 is 0.414 bits per heavy atom. The van der Waals surface area contributed by atoms with Crippen molar-refractivity contribution in [3.05, 3.63) is 120 Å². The summed E-state index contributed by atoms with van der Waals surface area (Å²) in [4.78, 5) is 25.4. The van der Waals surface area contributed by atoms with Crippen LogP contribution in [0, 0.1) is 0 Å². The molecule has 0 saturated carbocycles. The molecule has 11 nitrogen and oxygen atoms in total. The Bertz CT molecular complexity index is 2240. The maximum Gasteiger partial charge on any atom is 0.124 e. The van der Waals surface area contributed by atoms with E-state index >= 15 is 0 Å². The maximum atomic E-state index is 12.4. The van der Waals surface area contributed by atoms with Crippen molar-refractivity contribution in [2.24, 2.45) is 0 Å². The van der Waals surface area contributed by atoms with Crippen LogP contribution in [0.4, 0.5) is 0 Å². The highest BCUT2D eigenvalue weighted by atomic mass is 16.3. The van der Waals surface area contributed by atoms with Gasteiger partial charge < -0.3 is 23.4 Å². The zero-order valence-electron chi connectivity index (χ0n) is 34.6. The van der Waals surface area contributed by atoms with E-state index in [1.165, 1.54) is 0 Å². The van der Waals surface area contributed by atoms with Crippen molar-refractivity contribution in [2.75, 3.05) is 13.1 Å². The lowest BCUT2D eigenvalue weighted by molar-refractivity contribution is 0.0584. The van der Waals surface area contributed by atoms with Crippen LogP contribution in [0.2, 0.25) is 0 Å². The van der Waals surface area contributed by atoms with Crippen LogP contribution in [0.25, 0.3) is 44.1 Å². The quantitative estimate of drug-likeness (QED) is 0.0827. The van der Waals surface area contributed by atoms with Crippen LogP contribution in [0.5, 0.6) is 0 Å². The molecule has 0 spiro atoms.